The number of amides is 1. The SMILES string of the molecule is CNC(=O)C(OC)c1ccc(C(=N)OC(=N)C2CC2)cc1. The lowest BCUT2D eigenvalue weighted by Gasteiger charge is -2.14. The predicted molar refractivity (Wildman–Crippen MR) is 78.6 cm³/mol. The van der Waals surface area contributed by atoms with Gasteiger partial charge in [-0.1, -0.05) is 12.1 Å². The lowest BCUT2D eigenvalue weighted by Crippen LogP contribution is -2.26. The maximum atomic E-state index is 11.7. The molecule has 1 amide bonds. The van der Waals surface area contributed by atoms with Crippen LogP contribution in [0.5, 0.6) is 0 Å². The summed E-state index contributed by atoms with van der Waals surface area (Å²) < 4.78 is 10.4. The summed E-state index contributed by atoms with van der Waals surface area (Å²) in [4.78, 5) is 11.7. The summed E-state index contributed by atoms with van der Waals surface area (Å²) in [6.07, 6.45) is 1.25. The number of hydrogen-bond acceptors (Lipinski definition) is 5. The van der Waals surface area contributed by atoms with Crippen molar-refractivity contribution in [2.75, 3.05) is 14.2 Å². The molecule has 0 aromatic heterocycles. The van der Waals surface area contributed by atoms with Gasteiger partial charge in [-0.2, -0.15) is 0 Å². The molecule has 6 heteroatoms. The van der Waals surface area contributed by atoms with Gasteiger partial charge in [0.25, 0.3) is 5.91 Å². The molecular formula is C15H19N3O3. The fourth-order valence-corrected chi connectivity index (χ4v) is 1.93. The van der Waals surface area contributed by atoms with Gasteiger partial charge in [0.1, 0.15) is 0 Å². The monoisotopic (exact) mass is 289 g/mol. The molecule has 21 heavy (non-hydrogen) atoms. The lowest BCUT2D eigenvalue weighted by molar-refractivity contribution is -0.130. The molecule has 1 saturated carbocycles. The topological polar surface area (TPSA) is 95.3 Å². The van der Waals surface area contributed by atoms with Crippen molar-refractivity contribution < 1.29 is 14.3 Å². The molecule has 3 N–H and O–H groups in total. The summed E-state index contributed by atoms with van der Waals surface area (Å²) in [7, 11) is 3.02. The Morgan fingerprint density at radius 3 is 2.38 bits per heavy atom. The van der Waals surface area contributed by atoms with E-state index >= 15 is 0 Å². The molecule has 1 aromatic carbocycles. The van der Waals surface area contributed by atoms with Gasteiger partial charge in [-0.3, -0.25) is 15.6 Å². The van der Waals surface area contributed by atoms with E-state index < -0.39 is 6.10 Å². The minimum absolute atomic E-state index is 0.0487. The molecule has 1 aliphatic rings. The molecule has 1 aliphatic carbocycles. The molecule has 6 nitrogen and oxygen atoms in total. The lowest BCUT2D eigenvalue weighted by atomic mass is 10.1. The number of benzene rings is 1. The zero-order chi connectivity index (χ0) is 15.4. The van der Waals surface area contributed by atoms with Crippen LogP contribution in [-0.4, -0.2) is 31.9 Å². The Kier molecular flexibility index (Phi) is 4.70. The summed E-state index contributed by atoms with van der Waals surface area (Å²) in [6.45, 7) is 0. The van der Waals surface area contributed by atoms with Crippen LogP contribution in [0.1, 0.15) is 30.1 Å². The number of ether oxygens (including phenoxy) is 2. The maximum absolute atomic E-state index is 11.7. The van der Waals surface area contributed by atoms with Gasteiger partial charge in [-0.25, -0.2) is 0 Å². The fraction of sp³-hybridized carbons (Fsp3) is 0.400. The standard InChI is InChI=1S/C15H19N3O3/c1-18-15(19)12(20-2)9-3-5-10(6-4-9)13(16)21-14(17)11-7-8-11/h3-6,11-12,16-17H,7-8H2,1-2H3,(H,18,19). The number of carbonyl (C=O) groups is 1. The second-order valence-electron chi connectivity index (χ2n) is 4.92. The van der Waals surface area contributed by atoms with E-state index in [0.717, 1.165) is 12.8 Å². The number of rotatable bonds is 5. The molecule has 1 unspecified atom stereocenters. The summed E-state index contributed by atoms with van der Waals surface area (Å²) in [6, 6.07) is 6.81. The van der Waals surface area contributed by atoms with Crippen LogP contribution in [0.3, 0.4) is 0 Å². The third kappa shape index (κ3) is 3.66. The summed E-state index contributed by atoms with van der Waals surface area (Å²) >= 11 is 0. The molecule has 1 fully saturated rings. The molecule has 2 rings (SSSR count). The molecule has 0 radical (unpaired) electrons. The molecule has 0 spiro atoms. The Labute approximate surface area is 123 Å². The quantitative estimate of drug-likeness (QED) is 0.570. The highest BCUT2D eigenvalue weighted by atomic mass is 16.5. The van der Waals surface area contributed by atoms with Crippen molar-refractivity contribution in [3.05, 3.63) is 35.4 Å². The van der Waals surface area contributed by atoms with E-state index in [1.54, 1.807) is 31.3 Å². The van der Waals surface area contributed by atoms with E-state index in [1.165, 1.54) is 7.11 Å². The van der Waals surface area contributed by atoms with E-state index in [2.05, 4.69) is 5.32 Å². The highest BCUT2D eigenvalue weighted by molar-refractivity contribution is 6.00. The van der Waals surface area contributed by atoms with Crippen LogP contribution in [0, 0.1) is 16.7 Å². The number of nitrogens with one attached hydrogen (secondary N) is 3. The Morgan fingerprint density at radius 2 is 1.90 bits per heavy atom. The summed E-state index contributed by atoms with van der Waals surface area (Å²) in [5.74, 6) is 0.0550. The minimum atomic E-state index is -0.677. The van der Waals surface area contributed by atoms with Gasteiger partial charge in [0.15, 0.2) is 12.0 Å². The van der Waals surface area contributed by atoms with Crippen LogP contribution in [-0.2, 0) is 14.3 Å². The molecule has 1 aromatic rings. The Morgan fingerprint density at radius 1 is 1.29 bits per heavy atom. The highest BCUT2D eigenvalue weighted by Crippen LogP contribution is 2.30. The van der Waals surface area contributed by atoms with Crippen LogP contribution in [0.4, 0.5) is 0 Å². The second kappa shape index (κ2) is 6.49. The van der Waals surface area contributed by atoms with Crippen molar-refractivity contribution in [2.24, 2.45) is 5.92 Å². The second-order valence-corrected chi connectivity index (χ2v) is 4.92. The zero-order valence-corrected chi connectivity index (χ0v) is 12.1. The first-order valence-corrected chi connectivity index (χ1v) is 6.76. The van der Waals surface area contributed by atoms with Crippen molar-refractivity contribution in [1.82, 2.24) is 5.32 Å². The number of likely N-dealkylation sites (N-methyl/N-ethyl adjacent to an activating group) is 1. The van der Waals surface area contributed by atoms with E-state index in [4.69, 9.17) is 20.3 Å². The van der Waals surface area contributed by atoms with Crippen LogP contribution in [0.15, 0.2) is 24.3 Å². The van der Waals surface area contributed by atoms with Gasteiger partial charge in [-0.15, -0.1) is 0 Å². The molecule has 0 aliphatic heterocycles. The van der Waals surface area contributed by atoms with Crippen molar-refractivity contribution >= 4 is 17.7 Å². The first-order chi connectivity index (χ1) is 10.1. The molecule has 112 valence electrons. The minimum Gasteiger partial charge on any atom is -0.425 e. The third-order valence-corrected chi connectivity index (χ3v) is 3.36. The van der Waals surface area contributed by atoms with Crippen LogP contribution in [0.25, 0.3) is 0 Å². The van der Waals surface area contributed by atoms with Crippen molar-refractivity contribution in [3.63, 3.8) is 0 Å². The van der Waals surface area contributed by atoms with Gasteiger partial charge in [0.05, 0.1) is 0 Å². The van der Waals surface area contributed by atoms with Gasteiger partial charge >= 0.3 is 0 Å². The Bertz CT molecular complexity index is 550. The Balaban J connectivity index is 2.05. The fourth-order valence-electron chi connectivity index (χ4n) is 1.93. The number of carbonyl (C=O) groups excluding carboxylic acids is 1. The molecule has 1 atom stereocenters. The van der Waals surface area contributed by atoms with Crippen LogP contribution < -0.4 is 5.32 Å². The smallest absolute Gasteiger partial charge is 0.253 e. The predicted octanol–water partition coefficient (Wildman–Crippen LogP) is 1.85. The normalized spacial score (nSPS) is 15.1. The van der Waals surface area contributed by atoms with Gasteiger partial charge in [-0.05, 0) is 30.5 Å². The molecular weight excluding hydrogens is 270 g/mol. The van der Waals surface area contributed by atoms with E-state index in [1.807, 2.05) is 0 Å². The van der Waals surface area contributed by atoms with Crippen LogP contribution in [0.2, 0.25) is 0 Å². The average Bonchev–Trinajstić information content (AvgIpc) is 3.33. The van der Waals surface area contributed by atoms with Crippen LogP contribution >= 0.6 is 0 Å². The maximum Gasteiger partial charge on any atom is 0.253 e. The van der Waals surface area contributed by atoms with Gasteiger partial charge in [0.2, 0.25) is 5.90 Å². The van der Waals surface area contributed by atoms with E-state index in [-0.39, 0.29) is 23.6 Å². The first kappa shape index (κ1) is 15.2. The van der Waals surface area contributed by atoms with E-state index in [9.17, 15) is 4.79 Å². The zero-order valence-electron chi connectivity index (χ0n) is 12.1. The summed E-state index contributed by atoms with van der Waals surface area (Å²) in [5, 5.41) is 18.1. The Hall–Kier alpha value is -2.21. The molecule has 0 saturated heterocycles. The van der Waals surface area contributed by atoms with Gasteiger partial charge < -0.3 is 14.8 Å². The highest BCUT2D eigenvalue weighted by Gasteiger charge is 2.29. The van der Waals surface area contributed by atoms with Crippen molar-refractivity contribution in [3.8, 4) is 0 Å². The largest absolute Gasteiger partial charge is 0.425 e. The third-order valence-electron chi connectivity index (χ3n) is 3.36. The van der Waals surface area contributed by atoms with Crippen molar-refractivity contribution in [1.29, 1.82) is 10.8 Å². The number of methoxy groups -OCH3 is 1. The summed E-state index contributed by atoms with van der Waals surface area (Å²) in [5.41, 5.74) is 1.27. The van der Waals surface area contributed by atoms with Crippen molar-refractivity contribution in [2.45, 2.75) is 18.9 Å². The average molecular weight is 289 g/mol. The molecule has 0 bridgehead atoms. The van der Waals surface area contributed by atoms with E-state index in [0.29, 0.717) is 11.1 Å². The number of hydrogen-bond donors (Lipinski definition) is 3. The molecule has 0 heterocycles. The first-order valence-electron chi connectivity index (χ1n) is 6.76. The van der Waals surface area contributed by atoms with Gasteiger partial charge in [0, 0.05) is 25.6 Å².